The lowest BCUT2D eigenvalue weighted by Gasteiger charge is -2.25. The first kappa shape index (κ1) is 15.5. The maximum absolute atomic E-state index is 12.4. The summed E-state index contributed by atoms with van der Waals surface area (Å²) in [6, 6.07) is 5.02. The van der Waals surface area contributed by atoms with Gasteiger partial charge in [-0.1, -0.05) is 0 Å². The van der Waals surface area contributed by atoms with Crippen LogP contribution in [0.15, 0.2) is 18.2 Å². The summed E-state index contributed by atoms with van der Waals surface area (Å²) in [5.41, 5.74) is 7.50. The van der Waals surface area contributed by atoms with Gasteiger partial charge in [-0.25, -0.2) is 0 Å². The molecule has 1 fully saturated rings. The molecule has 0 aliphatic carbocycles. The van der Waals surface area contributed by atoms with Crippen molar-refractivity contribution in [2.75, 3.05) is 23.8 Å². The number of carbonyl (C=O) groups is 2. The summed E-state index contributed by atoms with van der Waals surface area (Å²) in [6.45, 7) is 5.84. The lowest BCUT2D eigenvalue weighted by Crippen LogP contribution is -2.47. The van der Waals surface area contributed by atoms with Crippen LogP contribution < -0.4 is 16.4 Å². The molecule has 1 saturated heterocycles. The highest BCUT2D eigenvalue weighted by Crippen LogP contribution is 2.29. The molecule has 2 atom stereocenters. The first-order valence-corrected chi connectivity index (χ1v) is 6.86. The SMILES string of the molecule is CC(=O)Nc1ccc(NC(=O)C2(C)COCC2N)cc1C. The number of benzene rings is 1. The van der Waals surface area contributed by atoms with Crippen molar-refractivity contribution >= 4 is 23.2 Å². The Morgan fingerprint density at radius 2 is 2.10 bits per heavy atom. The van der Waals surface area contributed by atoms with Crippen LogP contribution in [0.3, 0.4) is 0 Å². The summed E-state index contributed by atoms with van der Waals surface area (Å²) in [5.74, 6) is -0.282. The molecule has 6 nitrogen and oxygen atoms in total. The number of aryl methyl sites for hydroxylation is 1. The molecule has 4 N–H and O–H groups in total. The third-order valence-corrected chi connectivity index (χ3v) is 3.83. The number of ether oxygens (including phenoxy) is 1. The standard InChI is InChI=1S/C15H21N3O3/c1-9-6-11(4-5-12(9)17-10(2)19)18-14(20)15(3)8-21-7-13(15)16/h4-6,13H,7-8,16H2,1-3H3,(H,17,19)(H,18,20). The quantitative estimate of drug-likeness (QED) is 0.781. The largest absolute Gasteiger partial charge is 0.379 e. The van der Waals surface area contributed by atoms with E-state index < -0.39 is 5.41 Å². The summed E-state index contributed by atoms with van der Waals surface area (Å²) in [6.07, 6.45) is 0. The van der Waals surface area contributed by atoms with Crippen molar-refractivity contribution in [1.29, 1.82) is 0 Å². The van der Waals surface area contributed by atoms with E-state index >= 15 is 0 Å². The minimum atomic E-state index is -0.718. The number of anilines is 2. The van der Waals surface area contributed by atoms with E-state index in [-0.39, 0.29) is 17.9 Å². The van der Waals surface area contributed by atoms with Gasteiger partial charge < -0.3 is 21.1 Å². The highest BCUT2D eigenvalue weighted by Gasteiger charge is 2.44. The summed E-state index contributed by atoms with van der Waals surface area (Å²) in [5, 5.41) is 5.60. The van der Waals surface area contributed by atoms with Crippen molar-refractivity contribution in [1.82, 2.24) is 0 Å². The van der Waals surface area contributed by atoms with Crippen LogP contribution in [0, 0.1) is 12.3 Å². The van der Waals surface area contributed by atoms with Crippen LogP contribution in [-0.4, -0.2) is 31.1 Å². The van der Waals surface area contributed by atoms with Crippen molar-refractivity contribution in [3.63, 3.8) is 0 Å². The molecule has 2 amide bonds. The minimum absolute atomic E-state index is 0.128. The molecule has 1 aromatic carbocycles. The van der Waals surface area contributed by atoms with Gasteiger partial charge in [0.25, 0.3) is 0 Å². The van der Waals surface area contributed by atoms with E-state index in [2.05, 4.69) is 10.6 Å². The zero-order chi connectivity index (χ0) is 15.6. The van der Waals surface area contributed by atoms with Gasteiger partial charge in [0.05, 0.1) is 18.6 Å². The Morgan fingerprint density at radius 1 is 1.38 bits per heavy atom. The Kier molecular flexibility index (Phi) is 4.29. The van der Waals surface area contributed by atoms with Gasteiger partial charge in [0.15, 0.2) is 0 Å². The molecule has 2 unspecified atom stereocenters. The molecule has 1 aliphatic heterocycles. The molecule has 1 heterocycles. The van der Waals surface area contributed by atoms with E-state index in [1.807, 2.05) is 13.0 Å². The molecule has 0 aromatic heterocycles. The predicted molar refractivity (Wildman–Crippen MR) is 81.0 cm³/mol. The Labute approximate surface area is 124 Å². The smallest absolute Gasteiger partial charge is 0.234 e. The second-order valence-electron chi connectivity index (χ2n) is 5.70. The lowest BCUT2D eigenvalue weighted by atomic mass is 9.85. The van der Waals surface area contributed by atoms with E-state index in [1.54, 1.807) is 19.1 Å². The number of hydrogen-bond acceptors (Lipinski definition) is 4. The average molecular weight is 291 g/mol. The second kappa shape index (κ2) is 5.83. The van der Waals surface area contributed by atoms with Crippen LogP contribution in [0.25, 0.3) is 0 Å². The molecule has 1 aliphatic rings. The van der Waals surface area contributed by atoms with Crippen LogP contribution >= 0.6 is 0 Å². The van der Waals surface area contributed by atoms with Crippen molar-refractivity contribution < 1.29 is 14.3 Å². The summed E-state index contributed by atoms with van der Waals surface area (Å²) in [4.78, 5) is 23.5. The molecule has 6 heteroatoms. The molecular formula is C15H21N3O3. The van der Waals surface area contributed by atoms with Crippen molar-refractivity contribution in [2.45, 2.75) is 26.8 Å². The van der Waals surface area contributed by atoms with Crippen LogP contribution in [-0.2, 0) is 14.3 Å². The topological polar surface area (TPSA) is 93.5 Å². The summed E-state index contributed by atoms with van der Waals surface area (Å²) < 4.78 is 5.28. The average Bonchev–Trinajstić information content (AvgIpc) is 2.74. The number of carbonyl (C=O) groups excluding carboxylic acids is 2. The zero-order valence-electron chi connectivity index (χ0n) is 12.5. The van der Waals surface area contributed by atoms with Crippen LogP contribution in [0.4, 0.5) is 11.4 Å². The molecule has 0 saturated carbocycles. The number of nitrogens with two attached hydrogens (primary N) is 1. The third-order valence-electron chi connectivity index (χ3n) is 3.83. The van der Waals surface area contributed by atoms with Crippen molar-refractivity contribution in [3.8, 4) is 0 Å². The van der Waals surface area contributed by atoms with E-state index in [0.717, 1.165) is 11.3 Å². The van der Waals surface area contributed by atoms with E-state index in [1.165, 1.54) is 6.92 Å². The first-order chi connectivity index (χ1) is 9.83. The van der Waals surface area contributed by atoms with Gasteiger partial charge in [-0.3, -0.25) is 9.59 Å². The highest BCUT2D eigenvalue weighted by molar-refractivity contribution is 5.96. The first-order valence-electron chi connectivity index (χ1n) is 6.86. The van der Waals surface area contributed by atoms with Gasteiger partial charge in [0, 0.05) is 24.3 Å². The van der Waals surface area contributed by atoms with Gasteiger partial charge in [0.2, 0.25) is 11.8 Å². The molecular weight excluding hydrogens is 270 g/mol. The fraction of sp³-hybridized carbons (Fsp3) is 0.467. The Morgan fingerprint density at radius 3 is 2.62 bits per heavy atom. The Hall–Kier alpha value is -1.92. The molecule has 1 aromatic rings. The number of amides is 2. The number of hydrogen-bond donors (Lipinski definition) is 3. The molecule has 0 radical (unpaired) electrons. The number of rotatable bonds is 3. The van der Waals surface area contributed by atoms with Crippen LogP contribution in [0.2, 0.25) is 0 Å². The fourth-order valence-electron chi connectivity index (χ4n) is 2.27. The number of nitrogens with one attached hydrogen (secondary N) is 2. The molecule has 2 rings (SSSR count). The fourth-order valence-corrected chi connectivity index (χ4v) is 2.27. The maximum atomic E-state index is 12.4. The van der Waals surface area contributed by atoms with E-state index in [0.29, 0.717) is 18.9 Å². The van der Waals surface area contributed by atoms with E-state index in [9.17, 15) is 9.59 Å². The monoisotopic (exact) mass is 291 g/mol. The molecule has 114 valence electrons. The van der Waals surface area contributed by atoms with Crippen molar-refractivity contribution in [3.05, 3.63) is 23.8 Å². The predicted octanol–water partition coefficient (Wildman–Crippen LogP) is 1.26. The van der Waals surface area contributed by atoms with Gasteiger partial charge in [-0.2, -0.15) is 0 Å². The molecule has 0 bridgehead atoms. The Balaban J connectivity index is 2.11. The van der Waals surface area contributed by atoms with Crippen LogP contribution in [0.1, 0.15) is 19.4 Å². The highest BCUT2D eigenvalue weighted by atomic mass is 16.5. The third kappa shape index (κ3) is 3.22. The van der Waals surface area contributed by atoms with Crippen LogP contribution in [0.5, 0.6) is 0 Å². The molecule has 0 spiro atoms. The maximum Gasteiger partial charge on any atom is 0.234 e. The zero-order valence-corrected chi connectivity index (χ0v) is 12.5. The lowest BCUT2D eigenvalue weighted by molar-refractivity contribution is -0.125. The Bertz CT molecular complexity index is 573. The summed E-state index contributed by atoms with van der Waals surface area (Å²) >= 11 is 0. The van der Waals surface area contributed by atoms with Gasteiger partial charge >= 0.3 is 0 Å². The van der Waals surface area contributed by atoms with Gasteiger partial charge in [-0.05, 0) is 37.6 Å². The minimum Gasteiger partial charge on any atom is -0.379 e. The van der Waals surface area contributed by atoms with Gasteiger partial charge in [-0.15, -0.1) is 0 Å². The van der Waals surface area contributed by atoms with Crippen molar-refractivity contribution in [2.24, 2.45) is 11.1 Å². The van der Waals surface area contributed by atoms with Gasteiger partial charge in [0.1, 0.15) is 0 Å². The molecule has 21 heavy (non-hydrogen) atoms. The van der Waals surface area contributed by atoms with E-state index in [4.69, 9.17) is 10.5 Å². The summed E-state index contributed by atoms with van der Waals surface area (Å²) in [7, 11) is 0. The second-order valence-corrected chi connectivity index (χ2v) is 5.70. The normalized spacial score (nSPS) is 24.7.